The SMILES string of the molecule is CC(C)(C)OC(=O)NCc1ccc(C(=O)NNC(=O)[C@@H]2CC[C@@H]3CN2C(=O)N3OS(=O)(=O)O)cc1.c1ccncc1. The van der Waals surface area contributed by atoms with Crippen LogP contribution in [0.1, 0.15) is 49.5 Å². The van der Waals surface area contributed by atoms with Crippen molar-refractivity contribution in [3.63, 3.8) is 0 Å². The molecule has 4 N–H and O–H groups in total. The van der Waals surface area contributed by atoms with Gasteiger partial charge in [-0.2, -0.15) is 13.5 Å². The lowest BCUT2D eigenvalue weighted by atomic mass is 10.0. The summed E-state index contributed by atoms with van der Waals surface area (Å²) in [5, 5.41) is 3.13. The fourth-order valence-electron chi connectivity index (χ4n) is 3.95. The molecule has 1 aromatic carbocycles. The lowest BCUT2D eigenvalue weighted by Gasteiger charge is -2.29. The van der Waals surface area contributed by atoms with E-state index in [4.69, 9.17) is 9.29 Å². The number of fused-ring (bicyclic) bond motifs is 2. The Morgan fingerprint density at radius 1 is 1.05 bits per heavy atom. The summed E-state index contributed by atoms with van der Waals surface area (Å²) in [6.07, 6.45) is 3.38. The zero-order valence-corrected chi connectivity index (χ0v) is 23.5. The van der Waals surface area contributed by atoms with Crippen LogP contribution in [0.2, 0.25) is 0 Å². The average molecular weight is 593 g/mol. The highest BCUT2D eigenvalue weighted by atomic mass is 32.3. The normalized spacial score (nSPS) is 18.1. The Labute approximate surface area is 237 Å². The Kier molecular flexibility index (Phi) is 10.2. The standard InChI is InChI=1S/C20H27N5O9S.C5H5N/c1-20(2,3)33-18(28)21-10-12-4-6-13(7-5-12)16(26)22-23-17(27)15-9-8-14-11-24(15)19(29)25(14)34-35(30,31)32;1-2-4-6-5-3-1/h4-7,14-15H,8-11H2,1-3H3,(H,21,28)(H,22,26)(H,23,27)(H,30,31,32);1-5H/t14-,15+;/m1./s1. The number of hydrogen-bond acceptors (Lipinski definition) is 9. The number of piperidine rings is 1. The molecule has 0 aliphatic carbocycles. The maximum absolute atomic E-state index is 12.6. The minimum Gasteiger partial charge on any atom is -0.444 e. The number of carbonyl (C=O) groups is 4. The Morgan fingerprint density at radius 2 is 1.71 bits per heavy atom. The van der Waals surface area contributed by atoms with E-state index in [0.29, 0.717) is 5.06 Å². The lowest BCUT2D eigenvalue weighted by molar-refractivity contribution is -0.126. The van der Waals surface area contributed by atoms with Crippen LogP contribution in [0.15, 0.2) is 54.9 Å². The summed E-state index contributed by atoms with van der Waals surface area (Å²) in [4.78, 5) is 53.9. The topological polar surface area (TPSA) is 197 Å². The van der Waals surface area contributed by atoms with Crippen LogP contribution < -0.4 is 16.2 Å². The van der Waals surface area contributed by atoms with Crippen molar-refractivity contribution in [3.05, 3.63) is 66.0 Å². The van der Waals surface area contributed by atoms with Crippen molar-refractivity contribution in [1.29, 1.82) is 0 Å². The molecule has 2 saturated heterocycles. The molecule has 15 nitrogen and oxygen atoms in total. The smallest absolute Gasteiger partial charge is 0.418 e. The van der Waals surface area contributed by atoms with Gasteiger partial charge in [0.15, 0.2) is 0 Å². The molecule has 2 atom stereocenters. The molecule has 2 aliphatic rings. The molecule has 0 unspecified atom stereocenters. The Hall–Kier alpha value is -4.28. The number of hydrogen-bond donors (Lipinski definition) is 4. The molecule has 0 spiro atoms. The number of benzene rings is 1. The number of aromatic nitrogens is 1. The number of nitrogens with one attached hydrogen (secondary N) is 3. The molecule has 41 heavy (non-hydrogen) atoms. The number of urea groups is 1. The highest BCUT2D eigenvalue weighted by Crippen LogP contribution is 2.30. The van der Waals surface area contributed by atoms with Crippen molar-refractivity contribution < 1.29 is 41.2 Å². The number of amides is 5. The molecule has 2 aliphatic heterocycles. The molecular formula is C25H32N6O9S. The number of alkyl carbamates (subject to hydrolysis) is 1. The Morgan fingerprint density at radius 3 is 2.24 bits per heavy atom. The van der Waals surface area contributed by atoms with Gasteiger partial charge in [-0.15, -0.1) is 4.28 Å². The van der Waals surface area contributed by atoms with Gasteiger partial charge in [0.05, 0.1) is 6.04 Å². The summed E-state index contributed by atoms with van der Waals surface area (Å²) in [6, 6.07) is 9.51. The highest BCUT2D eigenvalue weighted by molar-refractivity contribution is 7.80. The molecule has 4 rings (SSSR count). The van der Waals surface area contributed by atoms with E-state index < -0.39 is 52.0 Å². The zero-order chi connectivity index (χ0) is 30.2. The third-order valence-electron chi connectivity index (χ3n) is 5.72. The maximum Gasteiger partial charge on any atom is 0.418 e. The summed E-state index contributed by atoms with van der Waals surface area (Å²) in [7, 11) is -4.89. The number of hydrazine groups is 1. The van der Waals surface area contributed by atoms with Crippen molar-refractivity contribution >= 4 is 34.3 Å². The molecule has 2 aromatic rings. The summed E-state index contributed by atoms with van der Waals surface area (Å²) in [5.74, 6) is -1.28. The van der Waals surface area contributed by atoms with Crippen molar-refractivity contribution in [2.45, 2.75) is 57.8 Å². The second kappa shape index (κ2) is 13.4. The predicted octanol–water partition coefficient (Wildman–Crippen LogP) is 1.56. The zero-order valence-electron chi connectivity index (χ0n) is 22.6. The molecule has 5 amide bonds. The van der Waals surface area contributed by atoms with Gasteiger partial charge in [0.1, 0.15) is 11.6 Å². The van der Waals surface area contributed by atoms with Crippen LogP contribution in [0.5, 0.6) is 0 Å². The van der Waals surface area contributed by atoms with Gasteiger partial charge in [-0.25, -0.2) is 9.59 Å². The maximum atomic E-state index is 12.6. The quantitative estimate of drug-likeness (QED) is 0.282. The second-order valence-corrected chi connectivity index (χ2v) is 11.0. The van der Waals surface area contributed by atoms with Crippen LogP contribution >= 0.6 is 0 Å². The first-order chi connectivity index (χ1) is 19.2. The molecule has 3 heterocycles. The predicted molar refractivity (Wildman–Crippen MR) is 143 cm³/mol. The minimum atomic E-state index is -4.89. The summed E-state index contributed by atoms with van der Waals surface area (Å²) in [5.41, 5.74) is 4.86. The molecule has 222 valence electrons. The van der Waals surface area contributed by atoms with Gasteiger partial charge >= 0.3 is 22.5 Å². The van der Waals surface area contributed by atoms with Crippen LogP contribution in [-0.2, 0) is 30.8 Å². The molecule has 2 fully saturated rings. The largest absolute Gasteiger partial charge is 0.444 e. The first-order valence-corrected chi connectivity index (χ1v) is 13.9. The molecular weight excluding hydrogens is 560 g/mol. The van der Waals surface area contributed by atoms with Gasteiger partial charge in [0, 0.05) is 31.0 Å². The summed E-state index contributed by atoms with van der Waals surface area (Å²) < 4.78 is 40.2. The summed E-state index contributed by atoms with van der Waals surface area (Å²) >= 11 is 0. The molecule has 0 saturated carbocycles. The number of pyridine rings is 1. The molecule has 1 aromatic heterocycles. The van der Waals surface area contributed by atoms with E-state index in [-0.39, 0.29) is 31.5 Å². The Balaban J connectivity index is 0.000000681. The fraction of sp³-hybridized carbons (Fsp3) is 0.400. The van der Waals surface area contributed by atoms with Crippen molar-refractivity contribution in [2.75, 3.05) is 6.54 Å². The Bertz CT molecular complexity index is 1310. The van der Waals surface area contributed by atoms with Gasteiger partial charge in [-0.1, -0.05) is 18.2 Å². The minimum absolute atomic E-state index is 0.0270. The average Bonchev–Trinajstić information content (AvgIpc) is 3.14. The monoisotopic (exact) mass is 592 g/mol. The van der Waals surface area contributed by atoms with Gasteiger partial charge in [-0.05, 0) is 63.4 Å². The van der Waals surface area contributed by atoms with Crippen molar-refractivity contribution in [2.24, 2.45) is 0 Å². The van der Waals surface area contributed by atoms with E-state index in [0.717, 1.165) is 10.5 Å². The summed E-state index contributed by atoms with van der Waals surface area (Å²) in [6.45, 7) is 5.47. The van der Waals surface area contributed by atoms with E-state index in [1.165, 1.54) is 12.1 Å². The molecule has 2 bridgehead atoms. The van der Waals surface area contributed by atoms with E-state index in [1.54, 1.807) is 45.3 Å². The van der Waals surface area contributed by atoms with Crippen molar-refractivity contribution in [1.82, 2.24) is 31.1 Å². The van der Waals surface area contributed by atoms with Gasteiger partial charge in [-0.3, -0.25) is 30.0 Å². The van der Waals surface area contributed by atoms with Crippen LogP contribution in [0.25, 0.3) is 0 Å². The first kappa shape index (κ1) is 31.3. The third-order valence-corrected chi connectivity index (χ3v) is 6.07. The fourth-order valence-corrected chi connectivity index (χ4v) is 4.34. The van der Waals surface area contributed by atoms with Crippen LogP contribution in [0.3, 0.4) is 0 Å². The molecule has 0 radical (unpaired) electrons. The van der Waals surface area contributed by atoms with E-state index in [9.17, 15) is 27.6 Å². The van der Waals surface area contributed by atoms with Gasteiger partial charge in [0.25, 0.3) is 11.8 Å². The van der Waals surface area contributed by atoms with Gasteiger partial charge < -0.3 is 15.0 Å². The van der Waals surface area contributed by atoms with E-state index >= 15 is 0 Å². The number of rotatable bonds is 6. The third kappa shape index (κ3) is 9.70. The molecule has 16 heteroatoms. The van der Waals surface area contributed by atoms with E-state index in [2.05, 4.69) is 25.4 Å². The van der Waals surface area contributed by atoms with Crippen LogP contribution in [-0.4, -0.2) is 76.1 Å². The van der Waals surface area contributed by atoms with Crippen LogP contribution in [0.4, 0.5) is 9.59 Å². The first-order valence-electron chi connectivity index (χ1n) is 12.5. The van der Waals surface area contributed by atoms with E-state index in [1.807, 2.05) is 18.2 Å². The number of ether oxygens (including phenoxy) is 1. The number of hydroxylamine groups is 2. The lowest BCUT2D eigenvalue weighted by Crippen LogP contribution is -2.54. The van der Waals surface area contributed by atoms with Gasteiger partial charge in [0.2, 0.25) is 0 Å². The van der Waals surface area contributed by atoms with Crippen molar-refractivity contribution in [3.8, 4) is 0 Å². The second-order valence-electron chi connectivity index (χ2n) is 10.0. The number of nitrogens with zero attached hydrogens (tertiary/aromatic N) is 3. The van der Waals surface area contributed by atoms with Crippen LogP contribution in [0, 0.1) is 0 Å². The highest BCUT2D eigenvalue weighted by Gasteiger charge is 2.49. The number of carbonyl (C=O) groups excluding carboxylic acids is 4.